The molecule has 0 aromatic carbocycles. The molecule has 3 fully saturated rings. The van der Waals surface area contributed by atoms with E-state index in [0.717, 1.165) is 63.4 Å². The van der Waals surface area contributed by atoms with Gasteiger partial charge in [0.2, 0.25) is 0 Å². The molecule has 7 rings (SSSR count). The monoisotopic (exact) mass is 721 g/mol. The van der Waals surface area contributed by atoms with Gasteiger partial charge in [0.05, 0.1) is 36.8 Å². The molecule has 5 heterocycles. The van der Waals surface area contributed by atoms with E-state index in [0.29, 0.717) is 71.7 Å². The fourth-order valence-electron chi connectivity index (χ4n) is 7.94. The largest absolute Gasteiger partial charge is 0.481 e. The van der Waals surface area contributed by atoms with E-state index in [1.165, 1.54) is 6.42 Å². The number of rotatable bonds is 12. The molecule has 3 aliphatic rings. The third-order valence-corrected chi connectivity index (χ3v) is 10.7. The molecule has 1 atom stereocenters. The first kappa shape index (κ1) is 36.0. The number of carbonyl (C=O) groups is 1. The summed E-state index contributed by atoms with van der Waals surface area (Å²) in [5.41, 5.74) is 2.53. The van der Waals surface area contributed by atoms with E-state index in [-0.39, 0.29) is 23.8 Å². The standard InChI is InChI=1S/C37H46F3N9O3/c1-23-20-48(12-9-32(50)51)13-14-49(23)31-19-41-28(18-42-31)34-45-33-29(47(2)21-36(22-52-3)10-5-4-6-11-36)17-27(44-35(33)46-34)25-15-26(24-7-8-24)43-30(16-25)37(38,39)40/h15-19,23-24H,4-14,20-22H2,1-3H3,(H,50,51)(H,44,45,46)/t23-/m1/s1. The molecule has 12 nitrogen and oxygen atoms in total. The summed E-state index contributed by atoms with van der Waals surface area (Å²) in [5.74, 6) is 0.386. The minimum absolute atomic E-state index is 0.0226. The molecule has 0 bridgehead atoms. The Morgan fingerprint density at radius 1 is 1.06 bits per heavy atom. The topological polar surface area (TPSA) is 136 Å². The van der Waals surface area contributed by atoms with Crippen LogP contribution in [0.3, 0.4) is 0 Å². The van der Waals surface area contributed by atoms with Gasteiger partial charge in [0.15, 0.2) is 11.5 Å². The van der Waals surface area contributed by atoms with Crippen molar-refractivity contribution in [1.29, 1.82) is 0 Å². The first-order chi connectivity index (χ1) is 24.9. The van der Waals surface area contributed by atoms with Gasteiger partial charge < -0.3 is 24.6 Å². The summed E-state index contributed by atoms with van der Waals surface area (Å²) in [7, 11) is 3.74. The number of hydrogen-bond acceptors (Lipinski definition) is 10. The van der Waals surface area contributed by atoms with Crippen LogP contribution in [0.1, 0.15) is 75.6 Å². The highest BCUT2D eigenvalue weighted by molar-refractivity contribution is 5.91. The quantitative estimate of drug-likeness (QED) is 0.168. The second-order valence-corrected chi connectivity index (χ2v) is 14.8. The first-order valence-corrected chi connectivity index (χ1v) is 18.1. The van der Waals surface area contributed by atoms with E-state index in [2.05, 4.69) is 31.6 Å². The highest BCUT2D eigenvalue weighted by Crippen LogP contribution is 2.43. The summed E-state index contributed by atoms with van der Waals surface area (Å²) in [6.45, 7) is 6.05. The Bertz CT molecular complexity index is 1890. The van der Waals surface area contributed by atoms with Crippen molar-refractivity contribution in [2.24, 2.45) is 5.41 Å². The summed E-state index contributed by atoms with van der Waals surface area (Å²) in [5, 5.41) is 9.06. The molecule has 4 aromatic rings. The predicted molar refractivity (Wildman–Crippen MR) is 191 cm³/mol. The Labute approximate surface area is 300 Å². The Kier molecular flexibility index (Phi) is 10.1. The van der Waals surface area contributed by atoms with Gasteiger partial charge >= 0.3 is 12.1 Å². The normalized spacial score (nSPS) is 19.7. The fraction of sp³-hybridized carbons (Fsp3) is 0.568. The number of carboxylic acids is 1. The number of piperazine rings is 1. The lowest BCUT2D eigenvalue weighted by Crippen LogP contribution is -2.52. The number of hydrogen-bond donors (Lipinski definition) is 2. The fourth-order valence-corrected chi connectivity index (χ4v) is 7.94. The summed E-state index contributed by atoms with van der Waals surface area (Å²) in [6.07, 6.45) is 6.03. The Morgan fingerprint density at radius 2 is 1.85 bits per heavy atom. The minimum Gasteiger partial charge on any atom is -0.481 e. The van der Waals surface area contributed by atoms with Crippen LogP contribution in [0.4, 0.5) is 24.7 Å². The molecular weight excluding hydrogens is 675 g/mol. The van der Waals surface area contributed by atoms with Crippen molar-refractivity contribution < 1.29 is 27.8 Å². The van der Waals surface area contributed by atoms with Gasteiger partial charge in [-0.1, -0.05) is 19.3 Å². The van der Waals surface area contributed by atoms with Crippen molar-refractivity contribution in [3.63, 3.8) is 0 Å². The van der Waals surface area contributed by atoms with Crippen LogP contribution in [-0.2, 0) is 15.7 Å². The van der Waals surface area contributed by atoms with Crippen LogP contribution >= 0.6 is 0 Å². The molecular formula is C37H46F3N9O3. The number of anilines is 2. The number of carboxylic acid groups (broad SMARTS) is 1. The van der Waals surface area contributed by atoms with E-state index >= 15 is 0 Å². The van der Waals surface area contributed by atoms with Crippen molar-refractivity contribution in [2.45, 2.75) is 76.4 Å². The second kappa shape index (κ2) is 14.6. The summed E-state index contributed by atoms with van der Waals surface area (Å²) < 4.78 is 47.9. The number of ether oxygens (including phenoxy) is 1. The Hall–Kier alpha value is -4.37. The maximum Gasteiger partial charge on any atom is 0.433 e. The lowest BCUT2D eigenvalue weighted by molar-refractivity contribution is -0.141. The molecule has 0 radical (unpaired) electrons. The van der Waals surface area contributed by atoms with Crippen LogP contribution in [0.5, 0.6) is 0 Å². The molecule has 2 aliphatic carbocycles. The van der Waals surface area contributed by atoms with Crippen LogP contribution in [0.25, 0.3) is 33.9 Å². The maximum absolute atomic E-state index is 14.1. The zero-order valence-corrected chi connectivity index (χ0v) is 29.9. The number of halogens is 3. The lowest BCUT2D eigenvalue weighted by atomic mass is 9.74. The van der Waals surface area contributed by atoms with E-state index in [9.17, 15) is 18.0 Å². The van der Waals surface area contributed by atoms with Crippen molar-refractivity contribution in [3.05, 3.63) is 42.0 Å². The second-order valence-electron chi connectivity index (χ2n) is 14.8. The molecule has 0 amide bonds. The SMILES string of the molecule is COCC1(CN(C)c2cc(-c3cc(C4CC4)nc(C(F)(F)F)c3)nc3nc(-c4cnc(N5CCN(CCC(=O)O)C[C@H]5C)cn4)[nH]c23)CCCCC1. The number of aromatic nitrogens is 6. The lowest BCUT2D eigenvalue weighted by Gasteiger charge is -2.40. The van der Waals surface area contributed by atoms with Gasteiger partial charge in [-0.25, -0.2) is 24.9 Å². The minimum atomic E-state index is -4.59. The highest BCUT2D eigenvalue weighted by atomic mass is 19.4. The van der Waals surface area contributed by atoms with E-state index in [1.54, 1.807) is 25.6 Å². The smallest absolute Gasteiger partial charge is 0.433 e. The van der Waals surface area contributed by atoms with Crippen molar-refractivity contribution in [1.82, 2.24) is 34.8 Å². The summed E-state index contributed by atoms with van der Waals surface area (Å²) in [4.78, 5) is 44.0. The average molecular weight is 722 g/mol. The number of methoxy groups -OCH3 is 1. The number of H-pyrrole nitrogens is 1. The Morgan fingerprint density at radius 3 is 2.50 bits per heavy atom. The molecule has 0 spiro atoms. The van der Waals surface area contributed by atoms with Crippen LogP contribution in [0.2, 0.25) is 0 Å². The zero-order valence-electron chi connectivity index (χ0n) is 29.9. The molecule has 15 heteroatoms. The molecule has 52 heavy (non-hydrogen) atoms. The van der Waals surface area contributed by atoms with Gasteiger partial charge in [-0.2, -0.15) is 13.2 Å². The van der Waals surface area contributed by atoms with Gasteiger partial charge in [0.25, 0.3) is 0 Å². The van der Waals surface area contributed by atoms with E-state index < -0.39 is 17.8 Å². The van der Waals surface area contributed by atoms with Crippen LogP contribution in [0, 0.1) is 5.41 Å². The van der Waals surface area contributed by atoms with Gasteiger partial charge in [-0.3, -0.25) is 9.69 Å². The van der Waals surface area contributed by atoms with Gasteiger partial charge in [-0.15, -0.1) is 0 Å². The molecule has 0 unspecified atom stereocenters. The Balaban J connectivity index is 1.23. The van der Waals surface area contributed by atoms with Crippen LogP contribution < -0.4 is 9.80 Å². The number of nitrogens with zero attached hydrogens (tertiary/aromatic N) is 8. The maximum atomic E-state index is 14.1. The van der Waals surface area contributed by atoms with Gasteiger partial charge in [0, 0.05) is 75.5 Å². The summed E-state index contributed by atoms with van der Waals surface area (Å²) >= 11 is 0. The van der Waals surface area contributed by atoms with E-state index in [1.807, 2.05) is 13.1 Å². The van der Waals surface area contributed by atoms with Gasteiger partial charge in [-0.05, 0) is 50.8 Å². The number of aliphatic carboxylic acids is 1. The molecule has 2 saturated carbocycles. The van der Waals surface area contributed by atoms with Crippen LogP contribution in [0.15, 0.2) is 30.6 Å². The number of alkyl halides is 3. The zero-order chi connectivity index (χ0) is 36.6. The summed E-state index contributed by atoms with van der Waals surface area (Å²) in [6, 6.07) is 4.80. The molecule has 2 N–H and O–H groups in total. The first-order valence-electron chi connectivity index (χ1n) is 18.1. The van der Waals surface area contributed by atoms with Crippen molar-refractivity contribution in [2.75, 3.05) is 63.3 Å². The molecule has 278 valence electrons. The van der Waals surface area contributed by atoms with E-state index in [4.69, 9.17) is 29.8 Å². The number of imidazole rings is 1. The van der Waals surface area contributed by atoms with Crippen LogP contribution in [-0.4, -0.2) is 105 Å². The average Bonchev–Trinajstić information content (AvgIpc) is 3.89. The number of nitrogens with one attached hydrogen (secondary N) is 1. The highest BCUT2D eigenvalue weighted by Gasteiger charge is 2.37. The molecule has 1 saturated heterocycles. The molecule has 4 aromatic heterocycles. The molecule has 1 aliphatic heterocycles. The van der Waals surface area contributed by atoms with Crippen molar-refractivity contribution >= 4 is 28.6 Å². The number of fused-ring (bicyclic) bond motifs is 1. The predicted octanol–water partition coefficient (Wildman–Crippen LogP) is 6.39. The third-order valence-electron chi connectivity index (χ3n) is 10.7. The third kappa shape index (κ3) is 7.85. The van der Waals surface area contributed by atoms with Gasteiger partial charge in [0.1, 0.15) is 22.7 Å². The number of aromatic amines is 1. The van der Waals surface area contributed by atoms with Crippen molar-refractivity contribution in [3.8, 4) is 22.8 Å². The number of pyridine rings is 2.